The van der Waals surface area contributed by atoms with E-state index < -0.39 is 42.0 Å². The van der Waals surface area contributed by atoms with Gasteiger partial charge in [0.25, 0.3) is 0 Å². The number of piperidine rings is 1. The van der Waals surface area contributed by atoms with Crippen molar-refractivity contribution in [3.8, 4) is 0 Å². The third kappa shape index (κ3) is 10.1. The van der Waals surface area contributed by atoms with Gasteiger partial charge in [0.1, 0.15) is 5.60 Å². The largest absolute Gasteiger partial charge is 0.481 e. The molecule has 1 aliphatic heterocycles. The fourth-order valence-corrected chi connectivity index (χ4v) is 2.39. The van der Waals surface area contributed by atoms with E-state index in [1.165, 1.54) is 0 Å². The second-order valence-electron chi connectivity index (χ2n) is 7.62. The lowest BCUT2D eigenvalue weighted by Crippen LogP contribution is -2.42. The number of rotatable bonds is 6. The molecule has 1 amide bonds. The lowest BCUT2D eigenvalue weighted by atomic mass is 9.96. The first kappa shape index (κ1) is 25.6. The van der Waals surface area contributed by atoms with Crippen molar-refractivity contribution in [2.45, 2.75) is 57.7 Å². The summed E-state index contributed by atoms with van der Waals surface area (Å²) < 4.78 is 5.30. The van der Waals surface area contributed by atoms with E-state index >= 15 is 0 Å². The van der Waals surface area contributed by atoms with Crippen molar-refractivity contribution in [3.05, 3.63) is 0 Å². The molecular formula is C17H30N2O9. The van der Waals surface area contributed by atoms with E-state index in [1.807, 2.05) is 20.8 Å². The summed E-state index contributed by atoms with van der Waals surface area (Å²) in [5.74, 6) is -4.45. The Morgan fingerprint density at radius 1 is 1.00 bits per heavy atom. The van der Waals surface area contributed by atoms with Gasteiger partial charge in [-0.3, -0.25) is 9.59 Å². The van der Waals surface area contributed by atoms with Crippen molar-refractivity contribution in [2.24, 2.45) is 11.7 Å². The zero-order valence-corrected chi connectivity index (χ0v) is 16.4. The minimum Gasteiger partial charge on any atom is -0.481 e. The van der Waals surface area contributed by atoms with Crippen LogP contribution in [0.4, 0.5) is 4.79 Å². The average Bonchev–Trinajstić information content (AvgIpc) is 2.52. The average molecular weight is 406 g/mol. The zero-order valence-electron chi connectivity index (χ0n) is 16.4. The third-order valence-corrected chi connectivity index (χ3v) is 3.88. The molecule has 0 spiro atoms. The van der Waals surface area contributed by atoms with Gasteiger partial charge in [-0.15, -0.1) is 0 Å². The summed E-state index contributed by atoms with van der Waals surface area (Å²) in [6.07, 6.45) is -0.493. The second kappa shape index (κ2) is 10.8. The van der Waals surface area contributed by atoms with Crippen LogP contribution in [0.5, 0.6) is 0 Å². The molecule has 0 radical (unpaired) electrons. The van der Waals surface area contributed by atoms with Crippen molar-refractivity contribution < 1.29 is 44.3 Å². The Morgan fingerprint density at radius 2 is 1.43 bits per heavy atom. The second-order valence-corrected chi connectivity index (χ2v) is 7.62. The van der Waals surface area contributed by atoms with Crippen molar-refractivity contribution in [3.63, 3.8) is 0 Å². The lowest BCUT2D eigenvalue weighted by molar-refractivity contribution is -0.170. The Balaban J connectivity index is 0.000000528. The number of likely N-dealkylation sites (tertiary alicyclic amines) is 1. The van der Waals surface area contributed by atoms with Crippen molar-refractivity contribution in [1.29, 1.82) is 0 Å². The van der Waals surface area contributed by atoms with Gasteiger partial charge in [-0.25, -0.2) is 9.59 Å². The lowest BCUT2D eigenvalue weighted by Gasteiger charge is -2.32. The maximum atomic E-state index is 11.7. The van der Waals surface area contributed by atoms with Crippen LogP contribution >= 0.6 is 0 Å². The van der Waals surface area contributed by atoms with Gasteiger partial charge < -0.3 is 35.8 Å². The normalized spacial score (nSPS) is 15.2. The molecule has 0 saturated carbocycles. The van der Waals surface area contributed by atoms with Gasteiger partial charge in [-0.2, -0.15) is 0 Å². The Morgan fingerprint density at radius 3 is 1.71 bits per heavy atom. The maximum Gasteiger partial charge on any atom is 0.410 e. The first-order valence-electron chi connectivity index (χ1n) is 8.77. The summed E-state index contributed by atoms with van der Waals surface area (Å²) >= 11 is 0. The molecule has 0 aromatic carbocycles. The van der Waals surface area contributed by atoms with Crippen LogP contribution in [0.15, 0.2) is 0 Å². The van der Waals surface area contributed by atoms with E-state index in [0.717, 1.165) is 32.5 Å². The molecule has 0 aliphatic carbocycles. The zero-order chi connectivity index (χ0) is 22.1. The predicted molar refractivity (Wildman–Crippen MR) is 96.7 cm³/mol. The summed E-state index contributed by atoms with van der Waals surface area (Å²) in [5.41, 5.74) is 2.45. The number of carbonyl (C=O) groups excluding carboxylic acids is 1. The summed E-state index contributed by atoms with van der Waals surface area (Å²) in [5, 5.41) is 33.8. The molecule has 6 N–H and O–H groups in total. The first-order chi connectivity index (χ1) is 12.7. The van der Waals surface area contributed by atoms with Gasteiger partial charge in [0.2, 0.25) is 0 Å². The van der Waals surface area contributed by atoms with E-state index in [-0.39, 0.29) is 6.09 Å². The SMILES string of the molecule is CC(C)(C)OC(=O)N1CCC(CN)CC1.O=C(O)CC(O)(CC(=O)O)C(=O)O. The number of aliphatic carboxylic acids is 3. The van der Waals surface area contributed by atoms with E-state index in [9.17, 15) is 19.2 Å². The summed E-state index contributed by atoms with van der Waals surface area (Å²) in [7, 11) is 0. The fraction of sp³-hybridized carbons (Fsp3) is 0.765. The number of ether oxygens (including phenoxy) is 1. The van der Waals surface area contributed by atoms with Gasteiger partial charge in [0.05, 0.1) is 12.8 Å². The number of hydrogen-bond acceptors (Lipinski definition) is 7. The van der Waals surface area contributed by atoms with E-state index in [0.29, 0.717) is 5.92 Å². The fourth-order valence-electron chi connectivity index (χ4n) is 2.39. The Hall–Kier alpha value is -2.40. The van der Waals surface area contributed by atoms with Crippen molar-refractivity contribution in [1.82, 2.24) is 4.90 Å². The molecule has 0 bridgehead atoms. The van der Waals surface area contributed by atoms with Gasteiger partial charge in [0.15, 0.2) is 5.60 Å². The van der Waals surface area contributed by atoms with Crippen molar-refractivity contribution >= 4 is 24.0 Å². The number of nitrogens with two attached hydrogens (primary N) is 1. The van der Waals surface area contributed by atoms with Crippen LogP contribution in [0.1, 0.15) is 46.5 Å². The van der Waals surface area contributed by atoms with E-state index in [2.05, 4.69) is 0 Å². The Bertz CT molecular complexity index is 547. The predicted octanol–water partition coefficient (Wildman–Crippen LogP) is 0.344. The third-order valence-electron chi connectivity index (χ3n) is 3.88. The van der Waals surface area contributed by atoms with Crippen LogP contribution in [0.2, 0.25) is 0 Å². The highest BCUT2D eigenvalue weighted by atomic mass is 16.6. The van der Waals surface area contributed by atoms with Crippen LogP contribution in [0, 0.1) is 5.92 Å². The highest BCUT2D eigenvalue weighted by Gasteiger charge is 2.40. The number of hydrogen-bond donors (Lipinski definition) is 5. The van der Waals surface area contributed by atoms with Gasteiger partial charge in [-0.1, -0.05) is 0 Å². The summed E-state index contributed by atoms with van der Waals surface area (Å²) in [4.78, 5) is 43.9. The number of carboxylic acids is 3. The molecule has 0 aromatic heterocycles. The number of aliphatic hydroxyl groups is 1. The number of carbonyl (C=O) groups is 4. The maximum absolute atomic E-state index is 11.7. The molecule has 1 saturated heterocycles. The first-order valence-corrected chi connectivity index (χ1v) is 8.77. The van der Waals surface area contributed by atoms with Crippen LogP contribution in [0.3, 0.4) is 0 Å². The molecule has 1 heterocycles. The summed E-state index contributed by atoms with van der Waals surface area (Å²) in [6, 6.07) is 0. The van der Waals surface area contributed by atoms with Gasteiger partial charge >= 0.3 is 24.0 Å². The monoisotopic (exact) mass is 406 g/mol. The topological polar surface area (TPSA) is 188 Å². The molecule has 1 aliphatic rings. The molecule has 0 atom stereocenters. The van der Waals surface area contributed by atoms with Gasteiger partial charge in [-0.05, 0) is 46.1 Å². The van der Waals surface area contributed by atoms with Crippen LogP contribution in [-0.4, -0.2) is 80.2 Å². The molecule has 28 heavy (non-hydrogen) atoms. The Kier molecular flexibility index (Phi) is 9.88. The molecule has 1 fully saturated rings. The quantitative estimate of drug-likeness (QED) is 0.411. The highest BCUT2D eigenvalue weighted by molar-refractivity contribution is 5.88. The number of nitrogens with zero attached hydrogens (tertiary/aromatic N) is 1. The molecule has 0 aromatic rings. The molecule has 0 unspecified atom stereocenters. The molecule has 11 nitrogen and oxygen atoms in total. The van der Waals surface area contributed by atoms with E-state index in [1.54, 1.807) is 4.90 Å². The molecule has 162 valence electrons. The van der Waals surface area contributed by atoms with Gasteiger partial charge in [0, 0.05) is 13.1 Å². The number of carboxylic acid groups (broad SMARTS) is 3. The van der Waals surface area contributed by atoms with Crippen LogP contribution < -0.4 is 5.73 Å². The summed E-state index contributed by atoms with van der Waals surface area (Å²) in [6.45, 7) is 7.93. The van der Waals surface area contributed by atoms with Crippen LogP contribution in [0.25, 0.3) is 0 Å². The highest BCUT2D eigenvalue weighted by Crippen LogP contribution is 2.18. The van der Waals surface area contributed by atoms with E-state index in [4.69, 9.17) is 30.9 Å². The minimum atomic E-state index is -2.74. The smallest absolute Gasteiger partial charge is 0.410 e. The molecule has 1 rings (SSSR count). The van der Waals surface area contributed by atoms with Crippen LogP contribution in [-0.2, 0) is 19.1 Å². The minimum absolute atomic E-state index is 0.196. The Labute approximate surface area is 163 Å². The molecular weight excluding hydrogens is 376 g/mol. The van der Waals surface area contributed by atoms with Crippen molar-refractivity contribution in [2.75, 3.05) is 19.6 Å². The number of amides is 1. The standard InChI is InChI=1S/C11H22N2O2.C6H8O7/c1-11(2,3)15-10(14)13-6-4-9(8-12)5-7-13;7-3(8)1-6(13,5(11)12)2-4(9)10/h9H,4-8,12H2,1-3H3;13H,1-2H2,(H,7,8)(H,9,10)(H,11,12). The molecule has 11 heteroatoms.